The van der Waals surface area contributed by atoms with Crippen LogP contribution in [-0.2, 0) is 10.2 Å². The Morgan fingerprint density at radius 2 is 1.55 bits per heavy atom. The Balaban J connectivity index is 1.14. The molecule has 218 valence electrons. The van der Waals surface area contributed by atoms with Gasteiger partial charge in [0.25, 0.3) is 0 Å². The molecule has 1 aliphatic carbocycles. The van der Waals surface area contributed by atoms with Gasteiger partial charge in [0, 0.05) is 30.4 Å². The normalized spacial score (nSPS) is 16.8. The van der Waals surface area contributed by atoms with Gasteiger partial charge >= 0.3 is 0 Å². The molecule has 0 radical (unpaired) electrons. The zero-order chi connectivity index (χ0) is 29.5. The summed E-state index contributed by atoms with van der Waals surface area (Å²) in [4.78, 5) is 15.6. The van der Waals surface area contributed by atoms with Crippen molar-refractivity contribution in [2.24, 2.45) is 5.73 Å². The van der Waals surface area contributed by atoms with Crippen molar-refractivity contribution in [3.8, 4) is 11.1 Å². The fraction of sp³-hybridized carbons (Fsp3) is 0.342. The van der Waals surface area contributed by atoms with Crippen molar-refractivity contribution < 1.29 is 4.79 Å². The maximum absolute atomic E-state index is 13.1. The second-order valence-corrected chi connectivity index (χ2v) is 11.8. The Morgan fingerprint density at radius 1 is 0.952 bits per heavy atom. The van der Waals surface area contributed by atoms with Gasteiger partial charge < -0.3 is 16.0 Å². The lowest BCUT2D eigenvalue weighted by molar-refractivity contribution is -0.122. The number of carbonyl (C=O) groups excluding carboxylic acids is 1. The number of rotatable bonds is 12. The summed E-state index contributed by atoms with van der Waals surface area (Å²) in [6.07, 6.45) is 12.5. The number of nitrogens with one attached hydrogen (secondary N) is 1. The third kappa shape index (κ3) is 6.00. The van der Waals surface area contributed by atoms with Crippen LogP contribution in [0.5, 0.6) is 0 Å². The first-order valence-electron chi connectivity index (χ1n) is 15.6. The Kier molecular flexibility index (Phi) is 9.44. The lowest BCUT2D eigenvalue weighted by Crippen LogP contribution is -2.42. The number of unbranched alkanes of at least 4 members (excludes halogenated alkanes) is 1. The van der Waals surface area contributed by atoms with E-state index in [0.29, 0.717) is 6.04 Å². The van der Waals surface area contributed by atoms with Gasteiger partial charge in [0.1, 0.15) is 0 Å². The molecule has 3 aromatic rings. The minimum Gasteiger partial charge on any atom is -0.382 e. The maximum Gasteiger partial charge on any atom is 0.232 e. The van der Waals surface area contributed by atoms with Gasteiger partial charge in [0.15, 0.2) is 0 Å². The molecule has 1 heterocycles. The molecule has 4 heteroatoms. The first-order valence-corrected chi connectivity index (χ1v) is 15.6. The number of allylic oxidation sites excluding steroid dienone is 4. The van der Waals surface area contributed by atoms with E-state index in [-0.39, 0.29) is 5.91 Å². The number of amides is 1. The molecule has 0 aromatic heterocycles. The van der Waals surface area contributed by atoms with Crippen molar-refractivity contribution >= 4 is 17.2 Å². The largest absolute Gasteiger partial charge is 0.382 e. The Bertz CT molecular complexity index is 1430. The van der Waals surface area contributed by atoms with Crippen LogP contribution in [0.25, 0.3) is 22.4 Å². The van der Waals surface area contributed by atoms with Gasteiger partial charge in [-0.2, -0.15) is 0 Å². The quantitative estimate of drug-likeness (QED) is 0.177. The maximum atomic E-state index is 13.1. The van der Waals surface area contributed by atoms with Gasteiger partial charge in [-0.3, -0.25) is 4.79 Å². The lowest BCUT2D eigenvalue weighted by atomic mass is 9.73. The van der Waals surface area contributed by atoms with Crippen LogP contribution < -0.4 is 11.1 Å². The molecule has 4 nitrogen and oxygen atoms in total. The lowest BCUT2D eigenvalue weighted by Gasteiger charge is -2.34. The minimum atomic E-state index is -0.736. The van der Waals surface area contributed by atoms with Gasteiger partial charge in [0.2, 0.25) is 5.91 Å². The molecule has 1 aliphatic heterocycles. The molecule has 1 saturated heterocycles. The molecule has 1 fully saturated rings. The summed E-state index contributed by atoms with van der Waals surface area (Å²) >= 11 is 0. The van der Waals surface area contributed by atoms with E-state index < -0.39 is 5.41 Å². The van der Waals surface area contributed by atoms with E-state index in [1.165, 1.54) is 16.7 Å². The summed E-state index contributed by atoms with van der Waals surface area (Å²) in [5.74, 6) is -0.239. The summed E-state index contributed by atoms with van der Waals surface area (Å²) in [6, 6.07) is 25.5. The molecular weight excluding hydrogens is 514 g/mol. The second-order valence-electron chi connectivity index (χ2n) is 11.8. The molecule has 3 N–H and O–H groups in total. The SMILES string of the molecule is C=C(NC1CCN(CCCCC2(C(N)=O)c3ccccc3-c3ccccc32)CC1)c1ccccc1/C(C)=C/C=C\CC. The number of hydrogen-bond acceptors (Lipinski definition) is 3. The van der Waals surface area contributed by atoms with Crippen molar-refractivity contribution in [3.63, 3.8) is 0 Å². The number of benzene rings is 3. The molecule has 42 heavy (non-hydrogen) atoms. The van der Waals surface area contributed by atoms with Gasteiger partial charge in [-0.05, 0) is 79.0 Å². The van der Waals surface area contributed by atoms with Crippen molar-refractivity contribution in [3.05, 3.63) is 120 Å². The van der Waals surface area contributed by atoms with Crippen LogP contribution >= 0.6 is 0 Å². The summed E-state index contributed by atoms with van der Waals surface area (Å²) in [7, 11) is 0. The third-order valence-corrected chi connectivity index (χ3v) is 9.12. The molecule has 5 rings (SSSR count). The number of fused-ring (bicyclic) bond motifs is 3. The second kappa shape index (κ2) is 13.4. The molecule has 0 spiro atoms. The summed E-state index contributed by atoms with van der Waals surface area (Å²) in [5.41, 5.74) is 14.5. The topological polar surface area (TPSA) is 58.4 Å². The molecule has 3 aromatic carbocycles. The van der Waals surface area contributed by atoms with Gasteiger partial charge in [-0.25, -0.2) is 0 Å². The highest BCUT2D eigenvalue weighted by molar-refractivity contribution is 5.99. The average Bonchev–Trinajstić information content (AvgIpc) is 3.31. The monoisotopic (exact) mass is 559 g/mol. The predicted octanol–water partition coefficient (Wildman–Crippen LogP) is 7.70. The molecule has 0 atom stereocenters. The molecular formula is C38H45N3O. The van der Waals surface area contributed by atoms with E-state index in [1.54, 1.807) is 0 Å². The number of carbonyl (C=O) groups is 1. The molecule has 0 bridgehead atoms. The van der Waals surface area contributed by atoms with Crippen LogP contribution in [0, 0.1) is 0 Å². The number of likely N-dealkylation sites (tertiary alicyclic amines) is 1. The van der Waals surface area contributed by atoms with Crippen molar-refractivity contribution in [2.45, 2.75) is 63.8 Å². The van der Waals surface area contributed by atoms with Gasteiger partial charge in [-0.15, -0.1) is 0 Å². The molecule has 0 unspecified atom stereocenters. The van der Waals surface area contributed by atoms with Crippen LogP contribution in [0.1, 0.15) is 74.6 Å². The first-order chi connectivity index (χ1) is 20.5. The highest BCUT2D eigenvalue weighted by Gasteiger charge is 2.47. The summed E-state index contributed by atoms with van der Waals surface area (Å²) in [5, 5.41) is 3.74. The average molecular weight is 560 g/mol. The molecule has 1 amide bonds. The Morgan fingerprint density at radius 3 is 2.17 bits per heavy atom. The van der Waals surface area contributed by atoms with Crippen LogP contribution in [0.2, 0.25) is 0 Å². The van der Waals surface area contributed by atoms with E-state index in [9.17, 15) is 4.79 Å². The highest BCUT2D eigenvalue weighted by atomic mass is 16.1. The minimum absolute atomic E-state index is 0.239. The van der Waals surface area contributed by atoms with E-state index >= 15 is 0 Å². The van der Waals surface area contributed by atoms with E-state index in [0.717, 1.165) is 86.1 Å². The van der Waals surface area contributed by atoms with E-state index in [1.807, 2.05) is 24.3 Å². The summed E-state index contributed by atoms with van der Waals surface area (Å²) < 4.78 is 0. The standard InChI is InChI=1S/C38H45N3O/c1-4-5-6-15-28(2)31-16-7-8-17-32(31)29(3)40-30-22-26-41(27-23-30)25-14-13-24-38(37(39)42)35-20-11-9-18-33(35)34-19-10-12-21-36(34)38/h5-12,15-21,30,40H,3-4,13-14,22-27H2,1-2H3,(H2,39,42)/b6-5-,28-15+. The summed E-state index contributed by atoms with van der Waals surface area (Å²) in [6.45, 7) is 11.9. The van der Waals surface area contributed by atoms with Crippen LogP contribution in [-0.4, -0.2) is 36.5 Å². The first kappa shape index (κ1) is 29.6. The van der Waals surface area contributed by atoms with Crippen molar-refractivity contribution in [2.75, 3.05) is 19.6 Å². The number of nitrogens with zero attached hydrogens (tertiary/aromatic N) is 1. The molecule has 2 aliphatic rings. The third-order valence-electron chi connectivity index (χ3n) is 9.12. The van der Waals surface area contributed by atoms with E-state index in [4.69, 9.17) is 5.73 Å². The van der Waals surface area contributed by atoms with Gasteiger partial charge in [0.05, 0.1) is 5.41 Å². The number of piperidine rings is 1. The highest BCUT2D eigenvalue weighted by Crippen LogP contribution is 2.51. The fourth-order valence-electron chi connectivity index (χ4n) is 6.86. The predicted molar refractivity (Wildman–Crippen MR) is 177 cm³/mol. The smallest absolute Gasteiger partial charge is 0.232 e. The number of nitrogens with two attached hydrogens (primary N) is 1. The van der Waals surface area contributed by atoms with Crippen LogP contribution in [0.15, 0.2) is 97.6 Å². The fourth-order valence-corrected chi connectivity index (χ4v) is 6.86. The number of primary amides is 1. The van der Waals surface area contributed by atoms with Crippen molar-refractivity contribution in [1.82, 2.24) is 10.2 Å². The zero-order valence-electron chi connectivity index (χ0n) is 25.2. The van der Waals surface area contributed by atoms with Crippen LogP contribution in [0.3, 0.4) is 0 Å². The van der Waals surface area contributed by atoms with Crippen LogP contribution in [0.4, 0.5) is 0 Å². The zero-order valence-corrected chi connectivity index (χ0v) is 25.2. The van der Waals surface area contributed by atoms with Crippen molar-refractivity contribution in [1.29, 1.82) is 0 Å². The van der Waals surface area contributed by atoms with E-state index in [2.05, 4.69) is 97.4 Å². The Labute approximate surface area is 252 Å². The number of hydrogen-bond donors (Lipinski definition) is 2. The molecule has 0 saturated carbocycles. The van der Waals surface area contributed by atoms with Gasteiger partial charge in [-0.1, -0.05) is 111 Å². The Hall–Kier alpha value is -3.89.